The van der Waals surface area contributed by atoms with Gasteiger partial charge < -0.3 is 19.8 Å². The fourth-order valence-corrected chi connectivity index (χ4v) is 4.37. The Balaban J connectivity index is 1.87. The number of amides is 1. The van der Waals surface area contributed by atoms with E-state index in [0.29, 0.717) is 34.7 Å². The van der Waals surface area contributed by atoms with Crippen LogP contribution in [0, 0.1) is 0 Å². The molecule has 1 atom stereocenters. The van der Waals surface area contributed by atoms with Crippen molar-refractivity contribution in [2.24, 2.45) is 0 Å². The van der Waals surface area contributed by atoms with E-state index in [9.17, 15) is 19.5 Å². The fourth-order valence-electron chi connectivity index (χ4n) is 4.37. The maximum absolute atomic E-state index is 13.4. The molecule has 2 N–H and O–H groups in total. The molecule has 1 aliphatic heterocycles. The van der Waals surface area contributed by atoms with Crippen molar-refractivity contribution in [2.75, 3.05) is 30.5 Å². The molecule has 37 heavy (non-hydrogen) atoms. The summed E-state index contributed by atoms with van der Waals surface area (Å²) in [6.45, 7) is 2.28. The summed E-state index contributed by atoms with van der Waals surface area (Å²) < 4.78 is 5.54. The molecule has 0 spiro atoms. The molecular formula is C29H28N2O6. The molecule has 1 fully saturated rings. The number of ether oxygens (including phenoxy) is 1. The molecule has 0 aliphatic carbocycles. The molecule has 1 saturated heterocycles. The van der Waals surface area contributed by atoms with Gasteiger partial charge in [0.2, 0.25) is 0 Å². The topological polar surface area (TPSA) is 107 Å². The van der Waals surface area contributed by atoms with Crippen LogP contribution in [0.15, 0.2) is 78.4 Å². The van der Waals surface area contributed by atoms with Crippen molar-refractivity contribution >= 4 is 34.8 Å². The molecule has 1 aliphatic rings. The molecule has 3 aromatic carbocycles. The predicted molar refractivity (Wildman–Crippen MR) is 141 cm³/mol. The number of ketones is 1. The van der Waals surface area contributed by atoms with Gasteiger partial charge in [-0.1, -0.05) is 36.4 Å². The van der Waals surface area contributed by atoms with Gasteiger partial charge in [0.25, 0.3) is 11.7 Å². The normalized spacial score (nSPS) is 16.6. The second kappa shape index (κ2) is 10.6. The van der Waals surface area contributed by atoms with Gasteiger partial charge >= 0.3 is 5.97 Å². The third kappa shape index (κ3) is 5.18. The predicted octanol–water partition coefficient (Wildman–Crippen LogP) is 4.40. The Bertz CT molecular complexity index is 1360. The second-order valence-corrected chi connectivity index (χ2v) is 8.85. The van der Waals surface area contributed by atoms with E-state index in [1.54, 1.807) is 48.5 Å². The number of carboxylic acid groups (broad SMARTS) is 1. The summed E-state index contributed by atoms with van der Waals surface area (Å²) in [5.41, 5.74) is 2.87. The average Bonchev–Trinajstić information content (AvgIpc) is 3.14. The van der Waals surface area contributed by atoms with Crippen LogP contribution in [0.1, 0.15) is 29.7 Å². The minimum atomic E-state index is -0.969. The molecule has 0 saturated carbocycles. The number of aliphatic hydroxyl groups excluding tert-OH is 1. The number of carbonyl (C=O) groups is 3. The van der Waals surface area contributed by atoms with Crippen LogP contribution >= 0.6 is 0 Å². The van der Waals surface area contributed by atoms with Crippen molar-refractivity contribution in [3.8, 4) is 5.75 Å². The lowest BCUT2D eigenvalue weighted by Gasteiger charge is -2.26. The number of benzene rings is 3. The highest BCUT2D eigenvalue weighted by Gasteiger charge is 2.47. The Hall–Kier alpha value is -4.59. The number of Topliss-reactive ketones (excluding diaryl/α,β-unsaturated/α-hetero) is 1. The minimum absolute atomic E-state index is 0.0362. The zero-order valence-corrected chi connectivity index (χ0v) is 20.8. The van der Waals surface area contributed by atoms with Crippen molar-refractivity contribution in [1.82, 2.24) is 0 Å². The Morgan fingerprint density at radius 3 is 2.24 bits per heavy atom. The largest absolute Gasteiger partial charge is 0.507 e. The van der Waals surface area contributed by atoms with Crippen LogP contribution in [-0.2, 0) is 20.8 Å². The van der Waals surface area contributed by atoms with E-state index in [1.165, 1.54) is 4.90 Å². The van der Waals surface area contributed by atoms with Crippen LogP contribution < -0.4 is 14.5 Å². The van der Waals surface area contributed by atoms with Gasteiger partial charge in [-0.15, -0.1) is 0 Å². The van der Waals surface area contributed by atoms with Crippen LogP contribution in [0.3, 0.4) is 0 Å². The van der Waals surface area contributed by atoms with Crippen LogP contribution in [-0.4, -0.2) is 48.6 Å². The molecule has 0 bridgehead atoms. The van der Waals surface area contributed by atoms with Gasteiger partial charge in [0, 0.05) is 31.0 Å². The van der Waals surface area contributed by atoms with Gasteiger partial charge in [-0.3, -0.25) is 19.3 Å². The molecule has 8 heteroatoms. The fraction of sp³-hybridized carbons (Fsp3) is 0.207. The first kappa shape index (κ1) is 25.5. The molecule has 3 aromatic rings. The zero-order valence-electron chi connectivity index (χ0n) is 20.8. The number of nitrogens with zero attached hydrogens (tertiary/aromatic N) is 2. The van der Waals surface area contributed by atoms with E-state index in [4.69, 9.17) is 9.84 Å². The van der Waals surface area contributed by atoms with Gasteiger partial charge in [-0.25, -0.2) is 0 Å². The summed E-state index contributed by atoms with van der Waals surface area (Å²) in [7, 11) is 3.82. The van der Waals surface area contributed by atoms with Crippen LogP contribution in [0.2, 0.25) is 0 Å². The zero-order chi connectivity index (χ0) is 26.7. The first-order chi connectivity index (χ1) is 17.7. The van der Waals surface area contributed by atoms with Crippen LogP contribution in [0.5, 0.6) is 5.75 Å². The van der Waals surface area contributed by atoms with Gasteiger partial charge in [0.05, 0.1) is 24.6 Å². The van der Waals surface area contributed by atoms with Gasteiger partial charge in [0.1, 0.15) is 11.5 Å². The lowest BCUT2D eigenvalue weighted by atomic mass is 9.94. The summed E-state index contributed by atoms with van der Waals surface area (Å²) in [5.74, 6) is -2.33. The monoisotopic (exact) mass is 500 g/mol. The highest BCUT2D eigenvalue weighted by Crippen LogP contribution is 2.42. The number of anilines is 2. The summed E-state index contributed by atoms with van der Waals surface area (Å²) in [6.07, 6.45) is -0.162. The molecule has 4 rings (SSSR count). The second-order valence-electron chi connectivity index (χ2n) is 8.85. The molecular weight excluding hydrogens is 472 g/mol. The van der Waals surface area contributed by atoms with E-state index in [0.717, 1.165) is 5.69 Å². The number of aliphatic carboxylic acids is 1. The molecule has 190 valence electrons. The lowest BCUT2D eigenvalue weighted by molar-refractivity contribution is -0.136. The summed E-state index contributed by atoms with van der Waals surface area (Å²) in [4.78, 5) is 41.1. The Morgan fingerprint density at radius 1 is 0.973 bits per heavy atom. The maximum atomic E-state index is 13.4. The van der Waals surface area contributed by atoms with Crippen LogP contribution in [0.4, 0.5) is 11.4 Å². The molecule has 0 radical (unpaired) electrons. The quantitative estimate of drug-likeness (QED) is 0.268. The first-order valence-corrected chi connectivity index (χ1v) is 11.8. The Kier molecular flexibility index (Phi) is 7.29. The molecule has 1 unspecified atom stereocenters. The van der Waals surface area contributed by atoms with Crippen LogP contribution in [0.25, 0.3) is 5.76 Å². The SMILES string of the molecule is CCOc1cccc(/C(O)=C2/C(=O)C(=O)N(c3ccc(CC(=O)O)cc3)C2c2ccc(N(C)C)cc2)c1. The number of aliphatic hydroxyl groups is 1. The standard InChI is InChI=1S/C29H28N2O6/c1-4-37-23-7-5-6-20(17-23)27(34)25-26(19-10-14-21(15-11-19)30(2)3)31(29(36)28(25)35)22-12-8-18(9-13-22)16-24(32)33/h5-15,17,26,34H,4,16H2,1-3H3,(H,32,33)/b27-25-. The third-order valence-corrected chi connectivity index (χ3v) is 6.16. The van der Waals surface area contributed by atoms with Crippen molar-refractivity contribution in [3.05, 3.63) is 95.1 Å². The molecule has 8 nitrogen and oxygen atoms in total. The van der Waals surface area contributed by atoms with Crippen molar-refractivity contribution in [2.45, 2.75) is 19.4 Å². The smallest absolute Gasteiger partial charge is 0.307 e. The number of hydrogen-bond acceptors (Lipinski definition) is 6. The highest BCUT2D eigenvalue weighted by molar-refractivity contribution is 6.51. The van der Waals surface area contributed by atoms with Crippen molar-refractivity contribution in [3.63, 3.8) is 0 Å². The number of rotatable bonds is 8. The Morgan fingerprint density at radius 2 is 1.65 bits per heavy atom. The highest BCUT2D eigenvalue weighted by atomic mass is 16.5. The van der Waals surface area contributed by atoms with Crippen molar-refractivity contribution < 1.29 is 29.3 Å². The first-order valence-electron chi connectivity index (χ1n) is 11.8. The number of carbonyl (C=O) groups excluding carboxylic acids is 2. The molecule has 1 heterocycles. The molecule has 1 amide bonds. The van der Waals surface area contributed by atoms with E-state index in [2.05, 4.69) is 0 Å². The lowest BCUT2D eigenvalue weighted by Crippen LogP contribution is -2.29. The summed E-state index contributed by atoms with van der Waals surface area (Å²) >= 11 is 0. The van der Waals surface area contributed by atoms with E-state index >= 15 is 0 Å². The summed E-state index contributed by atoms with van der Waals surface area (Å²) in [5, 5.41) is 20.4. The van der Waals surface area contributed by atoms with Crippen molar-refractivity contribution in [1.29, 1.82) is 0 Å². The van der Waals surface area contributed by atoms with E-state index in [-0.39, 0.29) is 17.8 Å². The maximum Gasteiger partial charge on any atom is 0.307 e. The van der Waals surface area contributed by atoms with Gasteiger partial charge in [0.15, 0.2) is 0 Å². The minimum Gasteiger partial charge on any atom is -0.507 e. The third-order valence-electron chi connectivity index (χ3n) is 6.16. The van der Waals surface area contributed by atoms with E-state index in [1.807, 2.05) is 50.2 Å². The summed E-state index contributed by atoms with van der Waals surface area (Å²) in [6, 6.07) is 19.7. The number of hydrogen-bond donors (Lipinski definition) is 2. The Labute approximate surface area is 215 Å². The number of carboxylic acids is 1. The van der Waals surface area contributed by atoms with Gasteiger partial charge in [-0.2, -0.15) is 0 Å². The molecule has 0 aromatic heterocycles. The van der Waals surface area contributed by atoms with Gasteiger partial charge in [-0.05, 0) is 54.4 Å². The van der Waals surface area contributed by atoms with E-state index < -0.39 is 23.7 Å². The average molecular weight is 501 g/mol.